The Labute approximate surface area is 105 Å². The van der Waals surface area contributed by atoms with Crippen LogP contribution in [0.4, 0.5) is 0 Å². The van der Waals surface area contributed by atoms with Crippen molar-refractivity contribution >= 4 is 0 Å². The van der Waals surface area contributed by atoms with Crippen molar-refractivity contribution in [1.82, 2.24) is 0 Å². The van der Waals surface area contributed by atoms with E-state index in [2.05, 4.69) is 37.3 Å². The monoisotopic (exact) mass is 231 g/mol. The second-order valence-corrected chi connectivity index (χ2v) is 5.61. The summed E-state index contributed by atoms with van der Waals surface area (Å²) in [4.78, 5) is 0. The van der Waals surface area contributed by atoms with Crippen molar-refractivity contribution in [3.8, 4) is 0 Å². The first-order valence-corrected chi connectivity index (χ1v) is 7.09. The number of hydrogen-bond acceptors (Lipinski definition) is 1. The molecule has 0 bridgehead atoms. The van der Waals surface area contributed by atoms with Crippen molar-refractivity contribution in [3.63, 3.8) is 0 Å². The van der Waals surface area contributed by atoms with Crippen LogP contribution in [0.5, 0.6) is 0 Å². The predicted octanol–water partition coefficient (Wildman–Crippen LogP) is 4.22. The fourth-order valence-electron chi connectivity index (χ4n) is 3.19. The zero-order valence-corrected chi connectivity index (χ0v) is 11.0. The van der Waals surface area contributed by atoms with E-state index in [9.17, 15) is 0 Å². The van der Waals surface area contributed by atoms with Crippen molar-refractivity contribution < 1.29 is 0 Å². The van der Waals surface area contributed by atoms with Crippen LogP contribution in [-0.4, -0.2) is 0 Å². The highest BCUT2D eigenvalue weighted by atomic mass is 14.7. The Balaban J connectivity index is 2.06. The summed E-state index contributed by atoms with van der Waals surface area (Å²) in [6.07, 6.45) is 8.96. The molecule has 1 saturated carbocycles. The Hall–Kier alpha value is -0.820. The molecule has 94 valence electrons. The van der Waals surface area contributed by atoms with Crippen molar-refractivity contribution in [3.05, 3.63) is 35.9 Å². The third kappa shape index (κ3) is 3.10. The van der Waals surface area contributed by atoms with Crippen molar-refractivity contribution in [2.45, 2.75) is 57.4 Å². The molecule has 0 aliphatic heterocycles. The lowest BCUT2D eigenvalue weighted by molar-refractivity contribution is 0.367. The third-order valence-corrected chi connectivity index (χ3v) is 4.28. The number of hydrogen-bond donors (Lipinski definition) is 1. The van der Waals surface area contributed by atoms with E-state index in [-0.39, 0.29) is 5.54 Å². The Kier molecular flexibility index (Phi) is 4.22. The van der Waals surface area contributed by atoms with Gasteiger partial charge in [0.2, 0.25) is 0 Å². The molecule has 2 atom stereocenters. The molecule has 1 nitrogen and oxygen atoms in total. The summed E-state index contributed by atoms with van der Waals surface area (Å²) < 4.78 is 0. The molecule has 2 N–H and O–H groups in total. The van der Waals surface area contributed by atoms with Gasteiger partial charge >= 0.3 is 0 Å². The SMILES string of the molecule is CCCC1CCCC(N)(c2ccccc2)CC1. The first kappa shape index (κ1) is 12.6. The molecular weight excluding hydrogens is 206 g/mol. The van der Waals surface area contributed by atoms with E-state index in [0.29, 0.717) is 0 Å². The van der Waals surface area contributed by atoms with Gasteiger partial charge in [-0.1, -0.05) is 62.9 Å². The van der Waals surface area contributed by atoms with Gasteiger partial charge in [-0.2, -0.15) is 0 Å². The third-order valence-electron chi connectivity index (χ3n) is 4.28. The molecule has 0 amide bonds. The summed E-state index contributed by atoms with van der Waals surface area (Å²) in [5, 5.41) is 0. The molecule has 0 spiro atoms. The van der Waals surface area contributed by atoms with Gasteiger partial charge in [-0.25, -0.2) is 0 Å². The molecule has 2 rings (SSSR count). The Morgan fingerprint density at radius 2 is 1.94 bits per heavy atom. The van der Waals surface area contributed by atoms with E-state index in [0.717, 1.165) is 18.8 Å². The van der Waals surface area contributed by atoms with Gasteiger partial charge in [-0.05, 0) is 30.7 Å². The summed E-state index contributed by atoms with van der Waals surface area (Å²) in [5.41, 5.74) is 7.90. The summed E-state index contributed by atoms with van der Waals surface area (Å²) >= 11 is 0. The average molecular weight is 231 g/mol. The minimum Gasteiger partial charge on any atom is -0.321 e. The number of nitrogens with two attached hydrogens (primary N) is 1. The summed E-state index contributed by atoms with van der Waals surface area (Å²) in [6, 6.07) is 10.7. The van der Waals surface area contributed by atoms with Crippen LogP contribution < -0.4 is 5.73 Å². The van der Waals surface area contributed by atoms with Crippen LogP contribution in [0, 0.1) is 5.92 Å². The van der Waals surface area contributed by atoms with Crippen molar-refractivity contribution in [2.24, 2.45) is 11.7 Å². The van der Waals surface area contributed by atoms with E-state index in [4.69, 9.17) is 5.73 Å². The lowest BCUT2D eigenvalue weighted by Gasteiger charge is -2.28. The summed E-state index contributed by atoms with van der Waals surface area (Å²) in [5.74, 6) is 0.911. The van der Waals surface area contributed by atoms with Crippen LogP contribution in [0.1, 0.15) is 57.4 Å². The molecular formula is C16H25N. The molecule has 0 saturated heterocycles. The lowest BCUT2D eigenvalue weighted by Crippen LogP contribution is -2.36. The second-order valence-electron chi connectivity index (χ2n) is 5.61. The highest BCUT2D eigenvalue weighted by Gasteiger charge is 2.30. The number of benzene rings is 1. The Morgan fingerprint density at radius 3 is 2.65 bits per heavy atom. The quantitative estimate of drug-likeness (QED) is 0.774. The fraction of sp³-hybridized carbons (Fsp3) is 0.625. The van der Waals surface area contributed by atoms with Gasteiger partial charge in [0.25, 0.3) is 0 Å². The van der Waals surface area contributed by atoms with Gasteiger partial charge in [0.15, 0.2) is 0 Å². The van der Waals surface area contributed by atoms with Gasteiger partial charge in [0.05, 0.1) is 0 Å². The van der Waals surface area contributed by atoms with Crippen LogP contribution in [0.25, 0.3) is 0 Å². The molecule has 0 radical (unpaired) electrons. The molecule has 1 heteroatoms. The molecule has 17 heavy (non-hydrogen) atoms. The molecule has 0 heterocycles. The average Bonchev–Trinajstić information content (AvgIpc) is 2.55. The smallest absolute Gasteiger partial charge is 0.0409 e. The first-order chi connectivity index (χ1) is 8.24. The molecule has 2 unspecified atom stereocenters. The zero-order chi connectivity index (χ0) is 12.1. The van der Waals surface area contributed by atoms with Gasteiger partial charge in [-0.15, -0.1) is 0 Å². The standard InChI is InChI=1S/C16H25N/c1-2-7-14-8-6-12-16(17,13-11-14)15-9-4-3-5-10-15/h3-5,9-10,14H,2,6-8,11-13,17H2,1H3. The van der Waals surface area contributed by atoms with E-state index >= 15 is 0 Å². The van der Waals surface area contributed by atoms with Gasteiger partial charge in [-0.3, -0.25) is 0 Å². The van der Waals surface area contributed by atoms with Crippen LogP contribution in [0.15, 0.2) is 30.3 Å². The van der Waals surface area contributed by atoms with E-state index in [1.165, 1.54) is 37.7 Å². The molecule has 0 aromatic heterocycles. The number of rotatable bonds is 3. The van der Waals surface area contributed by atoms with Crippen LogP contribution >= 0.6 is 0 Å². The summed E-state index contributed by atoms with van der Waals surface area (Å²) in [6.45, 7) is 2.29. The molecule has 1 aromatic carbocycles. The highest BCUT2D eigenvalue weighted by Crippen LogP contribution is 2.37. The van der Waals surface area contributed by atoms with Crippen LogP contribution in [0.2, 0.25) is 0 Å². The maximum absolute atomic E-state index is 6.64. The normalized spacial score (nSPS) is 29.9. The van der Waals surface area contributed by atoms with Gasteiger partial charge in [0.1, 0.15) is 0 Å². The molecule has 1 aliphatic rings. The maximum atomic E-state index is 6.64. The molecule has 1 aliphatic carbocycles. The highest BCUT2D eigenvalue weighted by molar-refractivity contribution is 5.24. The largest absolute Gasteiger partial charge is 0.321 e. The Morgan fingerprint density at radius 1 is 1.18 bits per heavy atom. The van der Waals surface area contributed by atoms with Gasteiger partial charge < -0.3 is 5.73 Å². The molecule has 1 aromatic rings. The lowest BCUT2D eigenvalue weighted by atomic mass is 9.83. The first-order valence-electron chi connectivity index (χ1n) is 7.09. The van der Waals surface area contributed by atoms with E-state index < -0.39 is 0 Å². The molecule has 1 fully saturated rings. The van der Waals surface area contributed by atoms with Crippen molar-refractivity contribution in [2.75, 3.05) is 0 Å². The van der Waals surface area contributed by atoms with Crippen molar-refractivity contribution in [1.29, 1.82) is 0 Å². The predicted molar refractivity (Wildman–Crippen MR) is 73.8 cm³/mol. The fourth-order valence-corrected chi connectivity index (χ4v) is 3.19. The van der Waals surface area contributed by atoms with E-state index in [1.807, 2.05) is 0 Å². The minimum atomic E-state index is -0.0657. The van der Waals surface area contributed by atoms with Gasteiger partial charge in [0, 0.05) is 5.54 Å². The minimum absolute atomic E-state index is 0.0657. The topological polar surface area (TPSA) is 26.0 Å². The van der Waals surface area contributed by atoms with E-state index in [1.54, 1.807) is 0 Å². The van der Waals surface area contributed by atoms with Crippen LogP contribution in [-0.2, 0) is 5.54 Å². The Bertz CT molecular complexity index is 333. The van der Waals surface area contributed by atoms with Crippen LogP contribution in [0.3, 0.4) is 0 Å². The summed E-state index contributed by atoms with van der Waals surface area (Å²) in [7, 11) is 0. The maximum Gasteiger partial charge on any atom is 0.0409 e. The zero-order valence-electron chi connectivity index (χ0n) is 11.0. The second kappa shape index (κ2) is 5.68.